The summed E-state index contributed by atoms with van der Waals surface area (Å²) in [5, 5.41) is 11.3. The minimum atomic E-state index is -0.320. The molecule has 0 aliphatic heterocycles. The molecule has 0 bridgehead atoms. The highest BCUT2D eigenvalue weighted by Crippen LogP contribution is 2.22. The van der Waals surface area contributed by atoms with Gasteiger partial charge in [-0.05, 0) is 43.7 Å². The Hall–Kier alpha value is -3.78. The van der Waals surface area contributed by atoms with Crippen LogP contribution in [0.15, 0.2) is 65.2 Å². The third kappa shape index (κ3) is 5.09. The number of aryl methyl sites for hydroxylation is 1. The second-order valence-corrected chi connectivity index (χ2v) is 7.42. The van der Waals surface area contributed by atoms with E-state index in [2.05, 4.69) is 15.6 Å². The highest BCUT2D eigenvalue weighted by Gasteiger charge is 2.15. The summed E-state index contributed by atoms with van der Waals surface area (Å²) in [4.78, 5) is 12.4. The van der Waals surface area contributed by atoms with Crippen molar-refractivity contribution in [2.24, 2.45) is 0 Å². The number of hydrogen-bond acceptors (Lipinski definition) is 5. The first-order valence-electron chi connectivity index (χ1n) is 10.2. The van der Waals surface area contributed by atoms with Crippen LogP contribution in [0.25, 0.3) is 11.3 Å². The maximum Gasteiger partial charge on any atom is 0.250 e. The van der Waals surface area contributed by atoms with E-state index in [4.69, 9.17) is 9.26 Å². The Morgan fingerprint density at radius 3 is 2.62 bits per heavy atom. The van der Waals surface area contributed by atoms with Crippen LogP contribution < -0.4 is 5.32 Å². The lowest BCUT2D eigenvalue weighted by Crippen LogP contribution is -2.19. The third-order valence-electron chi connectivity index (χ3n) is 4.99. The molecule has 0 spiro atoms. The van der Waals surface area contributed by atoms with Crippen molar-refractivity contribution in [3.05, 3.63) is 89.1 Å². The summed E-state index contributed by atoms with van der Waals surface area (Å²) in [5.74, 6) is -0.0956. The maximum atomic E-state index is 13.0. The van der Waals surface area contributed by atoms with Crippen LogP contribution in [-0.2, 0) is 22.7 Å². The molecule has 2 aromatic carbocycles. The van der Waals surface area contributed by atoms with Crippen LogP contribution in [0.3, 0.4) is 0 Å². The van der Waals surface area contributed by atoms with E-state index in [1.165, 1.54) is 12.1 Å². The van der Waals surface area contributed by atoms with Crippen molar-refractivity contribution in [3.8, 4) is 11.3 Å². The molecule has 0 unspecified atom stereocenters. The number of carbonyl (C=O) groups excluding carboxylic acids is 1. The van der Waals surface area contributed by atoms with E-state index in [9.17, 15) is 9.18 Å². The molecule has 2 aromatic heterocycles. The van der Waals surface area contributed by atoms with Gasteiger partial charge in [-0.3, -0.25) is 9.48 Å². The summed E-state index contributed by atoms with van der Waals surface area (Å²) in [6, 6.07) is 17.6. The van der Waals surface area contributed by atoms with Crippen LogP contribution in [0.5, 0.6) is 0 Å². The van der Waals surface area contributed by atoms with Crippen molar-refractivity contribution in [1.82, 2.24) is 14.9 Å². The van der Waals surface area contributed by atoms with Gasteiger partial charge in [-0.2, -0.15) is 5.10 Å². The van der Waals surface area contributed by atoms with Crippen molar-refractivity contribution in [2.45, 2.75) is 27.0 Å². The molecule has 1 amide bonds. The summed E-state index contributed by atoms with van der Waals surface area (Å²) < 4.78 is 25.7. The van der Waals surface area contributed by atoms with Crippen molar-refractivity contribution in [2.75, 3.05) is 11.9 Å². The molecule has 4 rings (SSSR count). The molecule has 0 aliphatic rings. The molecule has 7 nitrogen and oxygen atoms in total. The predicted octanol–water partition coefficient (Wildman–Crippen LogP) is 4.50. The highest BCUT2D eigenvalue weighted by atomic mass is 19.1. The average molecular weight is 434 g/mol. The third-order valence-corrected chi connectivity index (χ3v) is 4.99. The lowest BCUT2D eigenvalue weighted by Gasteiger charge is -2.07. The van der Waals surface area contributed by atoms with Gasteiger partial charge in [0.05, 0.1) is 30.2 Å². The Morgan fingerprint density at radius 2 is 1.88 bits per heavy atom. The number of hydrogen-bond donors (Lipinski definition) is 1. The van der Waals surface area contributed by atoms with Crippen LogP contribution in [0.1, 0.15) is 22.6 Å². The quantitative estimate of drug-likeness (QED) is 0.442. The zero-order chi connectivity index (χ0) is 22.5. The monoisotopic (exact) mass is 434 g/mol. The van der Waals surface area contributed by atoms with Crippen LogP contribution in [0.2, 0.25) is 0 Å². The molecule has 32 heavy (non-hydrogen) atoms. The van der Waals surface area contributed by atoms with Gasteiger partial charge < -0.3 is 14.6 Å². The Morgan fingerprint density at radius 1 is 1.12 bits per heavy atom. The second-order valence-electron chi connectivity index (χ2n) is 7.42. The molecule has 0 saturated heterocycles. The molecule has 0 radical (unpaired) electrons. The number of ether oxygens (including phenoxy) is 1. The first-order valence-corrected chi connectivity index (χ1v) is 10.2. The molecule has 164 valence electrons. The van der Waals surface area contributed by atoms with E-state index < -0.39 is 0 Å². The van der Waals surface area contributed by atoms with E-state index >= 15 is 0 Å². The Bertz CT molecular complexity index is 1200. The van der Waals surface area contributed by atoms with E-state index in [0.717, 1.165) is 17.0 Å². The molecule has 4 aromatic rings. The van der Waals surface area contributed by atoms with Gasteiger partial charge in [-0.25, -0.2) is 4.39 Å². The summed E-state index contributed by atoms with van der Waals surface area (Å²) >= 11 is 0. The molecular weight excluding hydrogens is 411 g/mol. The van der Waals surface area contributed by atoms with Gasteiger partial charge in [0.2, 0.25) is 5.91 Å². The molecule has 0 saturated carbocycles. The van der Waals surface area contributed by atoms with E-state index in [1.54, 1.807) is 18.2 Å². The van der Waals surface area contributed by atoms with Gasteiger partial charge in [-0.15, -0.1) is 0 Å². The Balaban J connectivity index is 1.30. The topological polar surface area (TPSA) is 82.2 Å². The highest BCUT2D eigenvalue weighted by molar-refractivity contribution is 5.92. The molecule has 8 heteroatoms. The summed E-state index contributed by atoms with van der Waals surface area (Å²) in [5.41, 5.74) is 4.69. The van der Waals surface area contributed by atoms with Crippen molar-refractivity contribution < 1.29 is 18.4 Å². The number of halogens is 1. The summed E-state index contributed by atoms with van der Waals surface area (Å²) in [7, 11) is 0. The lowest BCUT2D eigenvalue weighted by atomic mass is 10.1. The molecule has 0 aliphatic carbocycles. The normalized spacial score (nSPS) is 11.0. The summed E-state index contributed by atoms with van der Waals surface area (Å²) in [6.07, 6.45) is 0. The first-order chi connectivity index (χ1) is 15.5. The van der Waals surface area contributed by atoms with Gasteiger partial charge in [0.25, 0.3) is 0 Å². The minimum absolute atomic E-state index is 0.114. The van der Waals surface area contributed by atoms with Crippen LogP contribution in [0, 0.1) is 19.7 Å². The zero-order valence-electron chi connectivity index (χ0n) is 17.8. The van der Waals surface area contributed by atoms with E-state index in [1.807, 2.05) is 48.9 Å². The Kier molecular flexibility index (Phi) is 6.42. The fourth-order valence-electron chi connectivity index (χ4n) is 3.34. The fraction of sp³-hybridized carbons (Fsp3) is 0.208. The molecule has 1 N–H and O–H groups in total. The number of nitrogens with zero attached hydrogens (tertiary/aromatic N) is 3. The smallest absolute Gasteiger partial charge is 0.250 e. The maximum absolute atomic E-state index is 13.0. The Labute approximate surface area is 184 Å². The minimum Gasteiger partial charge on any atom is -0.365 e. The van der Waals surface area contributed by atoms with Gasteiger partial charge in [0, 0.05) is 11.6 Å². The lowest BCUT2D eigenvalue weighted by molar-refractivity contribution is -0.121. The number of benzene rings is 2. The molecule has 2 heterocycles. The van der Waals surface area contributed by atoms with Gasteiger partial charge in [0.15, 0.2) is 5.76 Å². The van der Waals surface area contributed by atoms with Gasteiger partial charge in [0.1, 0.15) is 18.1 Å². The first kappa shape index (κ1) is 21.5. The van der Waals surface area contributed by atoms with Crippen molar-refractivity contribution in [3.63, 3.8) is 0 Å². The number of nitrogens with one attached hydrogen (secondary N) is 1. The SMILES string of the molecule is Cc1nn(Cc2ccccc2)c(C)c1NC(=O)COCc1cc(-c2ccc(F)cc2)on1. The second kappa shape index (κ2) is 9.57. The largest absolute Gasteiger partial charge is 0.365 e. The fourth-order valence-corrected chi connectivity index (χ4v) is 3.34. The van der Waals surface area contributed by atoms with Crippen molar-refractivity contribution in [1.29, 1.82) is 0 Å². The van der Waals surface area contributed by atoms with Crippen LogP contribution in [-0.4, -0.2) is 27.5 Å². The number of anilines is 1. The van der Waals surface area contributed by atoms with Gasteiger partial charge in [-0.1, -0.05) is 35.5 Å². The number of amides is 1. The van der Waals surface area contributed by atoms with E-state index in [-0.39, 0.29) is 24.9 Å². The van der Waals surface area contributed by atoms with Crippen LogP contribution >= 0.6 is 0 Å². The summed E-state index contributed by atoms with van der Waals surface area (Å²) in [6.45, 7) is 4.39. The van der Waals surface area contributed by atoms with E-state index in [0.29, 0.717) is 29.2 Å². The number of carbonyl (C=O) groups is 1. The predicted molar refractivity (Wildman–Crippen MR) is 117 cm³/mol. The van der Waals surface area contributed by atoms with Crippen molar-refractivity contribution >= 4 is 11.6 Å². The van der Waals surface area contributed by atoms with Crippen LogP contribution in [0.4, 0.5) is 10.1 Å². The number of rotatable bonds is 8. The zero-order valence-corrected chi connectivity index (χ0v) is 17.8. The molecular formula is C24H23FN4O3. The molecule has 0 fully saturated rings. The number of aromatic nitrogens is 3. The average Bonchev–Trinajstić information content (AvgIpc) is 3.35. The van der Waals surface area contributed by atoms with Gasteiger partial charge >= 0.3 is 0 Å². The standard InChI is InChI=1S/C24H23FN4O3/c1-16-24(17(2)29(27-16)13-18-6-4-3-5-7-18)26-23(30)15-31-14-21-12-22(32-28-21)19-8-10-20(25)11-9-19/h3-12H,13-15H2,1-2H3,(H,26,30). The molecule has 0 atom stereocenters.